The Labute approximate surface area is 128 Å². The van der Waals surface area contributed by atoms with Gasteiger partial charge in [-0.2, -0.15) is 5.10 Å². The summed E-state index contributed by atoms with van der Waals surface area (Å²) in [6.45, 7) is 2.72. The number of nitrogens with zero attached hydrogens (tertiary/aromatic N) is 3. The van der Waals surface area contributed by atoms with E-state index in [1.54, 1.807) is 41.5 Å². The maximum atomic E-state index is 12.2. The summed E-state index contributed by atoms with van der Waals surface area (Å²) in [7, 11) is 0. The average molecular weight is 301 g/mol. The SMILES string of the molecule is CC(NC(=O)Nc1cccnc1-n1cccn1)C1CCCO1. The molecule has 0 radical (unpaired) electrons. The van der Waals surface area contributed by atoms with Crippen LogP contribution in [0.2, 0.25) is 0 Å². The number of carbonyl (C=O) groups is 1. The number of anilines is 1. The minimum Gasteiger partial charge on any atom is -0.376 e. The fraction of sp³-hybridized carbons (Fsp3) is 0.400. The van der Waals surface area contributed by atoms with Crippen molar-refractivity contribution in [1.29, 1.82) is 0 Å². The molecule has 116 valence electrons. The number of pyridine rings is 1. The van der Waals surface area contributed by atoms with Crippen LogP contribution in [0.4, 0.5) is 10.5 Å². The number of hydrogen-bond acceptors (Lipinski definition) is 4. The van der Waals surface area contributed by atoms with Crippen molar-refractivity contribution in [2.45, 2.75) is 31.9 Å². The first-order valence-corrected chi connectivity index (χ1v) is 7.38. The van der Waals surface area contributed by atoms with Gasteiger partial charge in [-0.25, -0.2) is 14.5 Å². The van der Waals surface area contributed by atoms with Crippen molar-refractivity contribution < 1.29 is 9.53 Å². The third-order valence-electron chi connectivity index (χ3n) is 3.64. The first-order chi connectivity index (χ1) is 10.7. The standard InChI is InChI=1S/C15H19N5O2/c1-11(13-6-3-10-22-13)18-15(21)19-12-5-2-7-16-14(12)20-9-4-8-17-20/h2,4-5,7-9,11,13H,3,6,10H2,1H3,(H2,18,19,21). The fourth-order valence-corrected chi connectivity index (χ4v) is 2.53. The van der Waals surface area contributed by atoms with Crippen LogP contribution < -0.4 is 10.6 Å². The first-order valence-electron chi connectivity index (χ1n) is 7.38. The number of rotatable bonds is 4. The lowest BCUT2D eigenvalue weighted by Gasteiger charge is -2.20. The molecule has 2 aromatic heterocycles. The second kappa shape index (κ2) is 6.57. The number of nitrogens with one attached hydrogen (secondary N) is 2. The van der Waals surface area contributed by atoms with Crippen LogP contribution in [0.3, 0.4) is 0 Å². The van der Waals surface area contributed by atoms with E-state index in [2.05, 4.69) is 20.7 Å². The molecule has 2 amide bonds. The first kappa shape index (κ1) is 14.5. The van der Waals surface area contributed by atoms with Crippen molar-refractivity contribution in [3.05, 3.63) is 36.8 Å². The largest absolute Gasteiger partial charge is 0.376 e. The second-order valence-electron chi connectivity index (χ2n) is 5.26. The van der Waals surface area contributed by atoms with Gasteiger partial charge >= 0.3 is 6.03 Å². The van der Waals surface area contributed by atoms with E-state index in [-0.39, 0.29) is 18.2 Å². The van der Waals surface area contributed by atoms with Crippen LogP contribution in [0.5, 0.6) is 0 Å². The molecule has 1 fully saturated rings. The van der Waals surface area contributed by atoms with Gasteiger partial charge in [-0.15, -0.1) is 0 Å². The summed E-state index contributed by atoms with van der Waals surface area (Å²) in [5.74, 6) is 0.576. The Morgan fingerprint density at radius 1 is 1.45 bits per heavy atom. The molecule has 3 heterocycles. The van der Waals surface area contributed by atoms with Crippen molar-refractivity contribution in [2.75, 3.05) is 11.9 Å². The number of amides is 2. The Kier molecular flexibility index (Phi) is 4.34. The summed E-state index contributed by atoms with van der Waals surface area (Å²) in [4.78, 5) is 16.4. The van der Waals surface area contributed by atoms with Gasteiger partial charge in [0.25, 0.3) is 0 Å². The lowest BCUT2D eigenvalue weighted by Crippen LogP contribution is -2.43. The van der Waals surface area contributed by atoms with Gasteiger partial charge in [0.1, 0.15) is 0 Å². The molecule has 0 bridgehead atoms. The summed E-state index contributed by atoms with van der Waals surface area (Å²) in [6.07, 6.45) is 7.22. The summed E-state index contributed by atoms with van der Waals surface area (Å²) in [5, 5.41) is 9.88. The van der Waals surface area contributed by atoms with Gasteiger partial charge in [-0.1, -0.05) is 0 Å². The molecule has 7 heteroatoms. The molecule has 0 saturated carbocycles. The van der Waals surface area contributed by atoms with Crippen LogP contribution >= 0.6 is 0 Å². The van der Waals surface area contributed by atoms with Crippen molar-refractivity contribution in [3.8, 4) is 5.82 Å². The highest BCUT2D eigenvalue weighted by atomic mass is 16.5. The van der Waals surface area contributed by atoms with Crippen LogP contribution in [-0.2, 0) is 4.74 Å². The maximum absolute atomic E-state index is 12.2. The smallest absolute Gasteiger partial charge is 0.319 e. The quantitative estimate of drug-likeness (QED) is 0.904. The van der Waals surface area contributed by atoms with E-state index in [4.69, 9.17) is 4.74 Å². The van der Waals surface area contributed by atoms with Crippen LogP contribution in [-0.4, -0.2) is 39.5 Å². The van der Waals surface area contributed by atoms with Crippen molar-refractivity contribution in [2.24, 2.45) is 0 Å². The lowest BCUT2D eigenvalue weighted by molar-refractivity contribution is 0.0868. The molecule has 2 aromatic rings. The maximum Gasteiger partial charge on any atom is 0.319 e. The zero-order valence-electron chi connectivity index (χ0n) is 12.4. The van der Waals surface area contributed by atoms with Gasteiger partial charge in [0.05, 0.1) is 17.8 Å². The summed E-state index contributed by atoms with van der Waals surface area (Å²) in [6, 6.07) is 5.06. The predicted molar refractivity (Wildman–Crippen MR) is 81.9 cm³/mol. The van der Waals surface area contributed by atoms with Gasteiger partial charge in [-0.3, -0.25) is 0 Å². The third-order valence-corrected chi connectivity index (χ3v) is 3.64. The molecule has 2 N–H and O–H groups in total. The number of ether oxygens (including phenoxy) is 1. The average Bonchev–Trinajstić information content (AvgIpc) is 3.21. The van der Waals surface area contributed by atoms with Gasteiger partial charge in [0.2, 0.25) is 0 Å². The summed E-state index contributed by atoms with van der Waals surface area (Å²) < 4.78 is 7.19. The molecule has 1 aliphatic rings. The molecule has 0 aromatic carbocycles. The van der Waals surface area contributed by atoms with Gasteiger partial charge in [0, 0.05) is 25.2 Å². The Hall–Kier alpha value is -2.41. The molecule has 7 nitrogen and oxygen atoms in total. The Morgan fingerprint density at radius 3 is 3.09 bits per heavy atom. The highest BCUT2D eigenvalue weighted by Gasteiger charge is 2.23. The van der Waals surface area contributed by atoms with E-state index in [9.17, 15) is 4.79 Å². The molecular weight excluding hydrogens is 282 g/mol. The molecular formula is C15H19N5O2. The normalized spacial score (nSPS) is 18.9. The molecule has 22 heavy (non-hydrogen) atoms. The molecule has 0 spiro atoms. The Bertz CT molecular complexity index is 623. The topological polar surface area (TPSA) is 81.1 Å². The van der Waals surface area contributed by atoms with Gasteiger partial charge < -0.3 is 15.4 Å². The molecule has 0 aliphatic carbocycles. The monoisotopic (exact) mass is 301 g/mol. The number of aromatic nitrogens is 3. The van der Waals surface area contributed by atoms with E-state index in [1.165, 1.54) is 0 Å². The van der Waals surface area contributed by atoms with Gasteiger partial charge in [-0.05, 0) is 38.0 Å². The minimum absolute atomic E-state index is 0.0349. The number of carbonyl (C=O) groups excluding carboxylic acids is 1. The Balaban J connectivity index is 1.66. The van der Waals surface area contributed by atoms with Crippen molar-refractivity contribution in [3.63, 3.8) is 0 Å². The van der Waals surface area contributed by atoms with Crippen LogP contribution in [0.25, 0.3) is 5.82 Å². The van der Waals surface area contributed by atoms with Crippen molar-refractivity contribution in [1.82, 2.24) is 20.1 Å². The van der Waals surface area contributed by atoms with Gasteiger partial charge in [0.15, 0.2) is 5.82 Å². The van der Waals surface area contributed by atoms with E-state index < -0.39 is 0 Å². The zero-order valence-corrected chi connectivity index (χ0v) is 12.4. The van der Waals surface area contributed by atoms with Crippen molar-refractivity contribution >= 4 is 11.7 Å². The molecule has 1 saturated heterocycles. The fourth-order valence-electron chi connectivity index (χ4n) is 2.53. The predicted octanol–water partition coefficient (Wildman–Crippen LogP) is 1.96. The number of urea groups is 1. The van der Waals surface area contributed by atoms with Crippen LogP contribution in [0, 0.1) is 0 Å². The highest BCUT2D eigenvalue weighted by molar-refractivity contribution is 5.91. The Morgan fingerprint density at radius 2 is 2.36 bits per heavy atom. The second-order valence-corrected chi connectivity index (χ2v) is 5.26. The lowest BCUT2D eigenvalue weighted by atomic mass is 10.1. The zero-order chi connectivity index (χ0) is 15.4. The van der Waals surface area contributed by atoms with Crippen LogP contribution in [0.1, 0.15) is 19.8 Å². The molecule has 3 rings (SSSR count). The van der Waals surface area contributed by atoms with E-state index in [0.717, 1.165) is 19.4 Å². The molecule has 2 atom stereocenters. The summed E-state index contributed by atoms with van der Waals surface area (Å²) >= 11 is 0. The van der Waals surface area contributed by atoms with E-state index in [1.807, 2.05) is 6.92 Å². The molecule has 2 unspecified atom stereocenters. The third kappa shape index (κ3) is 3.25. The summed E-state index contributed by atoms with van der Waals surface area (Å²) in [5.41, 5.74) is 0.600. The highest BCUT2D eigenvalue weighted by Crippen LogP contribution is 2.17. The number of hydrogen-bond donors (Lipinski definition) is 2. The van der Waals surface area contributed by atoms with E-state index >= 15 is 0 Å². The van der Waals surface area contributed by atoms with E-state index in [0.29, 0.717) is 11.5 Å². The molecule has 1 aliphatic heterocycles. The van der Waals surface area contributed by atoms with Crippen LogP contribution in [0.15, 0.2) is 36.8 Å². The minimum atomic E-state index is -0.274.